The third-order valence-corrected chi connectivity index (χ3v) is 5.74. The second kappa shape index (κ2) is 8.70. The molecule has 0 unspecified atom stereocenters. The number of anilines is 2. The van der Waals surface area contributed by atoms with Gasteiger partial charge in [-0.3, -0.25) is 24.5 Å². The fourth-order valence-electron chi connectivity index (χ4n) is 3.82. The summed E-state index contributed by atoms with van der Waals surface area (Å²) in [6.07, 6.45) is 0.176. The highest BCUT2D eigenvalue weighted by Crippen LogP contribution is 2.26. The number of benzene rings is 2. The lowest BCUT2D eigenvalue weighted by Crippen LogP contribution is -2.28. The number of carbonyl (C=O) groups excluding carboxylic acids is 3. The number of rotatable bonds is 5. The molecule has 0 bridgehead atoms. The Morgan fingerprint density at radius 3 is 2.12 bits per heavy atom. The van der Waals surface area contributed by atoms with Gasteiger partial charge in [0.15, 0.2) is 0 Å². The Hall–Kier alpha value is -3.87. The molecule has 4 rings (SSSR count). The summed E-state index contributed by atoms with van der Waals surface area (Å²) in [4.78, 5) is 39.3. The van der Waals surface area contributed by atoms with Gasteiger partial charge >= 0.3 is 0 Å². The summed E-state index contributed by atoms with van der Waals surface area (Å²) < 4.78 is 1.73. The standard InChI is InChI=1S/C25H26N4O3/c1-16-4-12-22(13-5-16)28-15-20(14-23(28)30)24(31)26-21-10-8-19(9-11-21)25(32)27-29-17(2)6-7-18(29)3/h4-13,20H,14-15H2,1-3H3,(H,26,31)(H,27,32)/t20-/m1/s1. The van der Waals surface area contributed by atoms with Crippen LogP contribution in [0.4, 0.5) is 11.4 Å². The maximum absolute atomic E-state index is 12.7. The lowest BCUT2D eigenvalue weighted by Gasteiger charge is -2.17. The minimum absolute atomic E-state index is 0.0587. The van der Waals surface area contributed by atoms with Gasteiger partial charge in [0, 0.05) is 41.3 Å². The van der Waals surface area contributed by atoms with Crippen LogP contribution in [0.15, 0.2) is 60.7 Å². The van der Waals surface area contributed by atoms with E-state index in [2.05, 4.69) is 10.7 Å². The Morgan fingerprint density at radius 2 is 1.50 bits per heavy atom. The van der Waals surface area contributed by atoms with Crippen LogP contribution in [0.3, 0.4) is 0 Å². The lowest BCUT2D eigenvalue weighted by atomic mass is 10.1. The summed E-state index contributed by atoms with van der Waals surface area (Å²) in [6, 6.07) is 18.3. The van der Waals surface area contributed by atoms with Gasteiger partial charge in [0.1, 0.15) is 0 Å². The summed E-state index contributed by atoms with van der Waals surface area (Å²) in [5.74, 6) is -0.924. The SMILES string of the molecule is Cc1ccc(N2C[C@H](C(=O)Nc3ccc(C(=O)Nn4c(C)ccc4C)cc3)CC2=O)cc1. The van der Waals surface area contributed by atoms with Gasteiger partial charge in [0.2, 0.25) is 11.8 Å². The topological polar surface area (TPSA) is 83.4 Å². The van der Waals surface area contributed by atoms with E-state index in [1.54, 1.807) is 33.8 Å². The largest absolute Gasteiger partial charge is 0.326 e. The van der Waals surface area contributed by atoms with Crippen molar-refractivity contribution in [2.75, 3.05) is 22.2 Å². The van der Waals surface area contributed by atoms with E-state index < -0.39 is 5.92 Å². The van der Waals surface area contributed by atoms with Crippen molar-refractivity contribution in [3.8, 4) is 0 Å². The number of nitrogens with one attached hydrogen (secondary N) is 2. The quantitative estimate of drug-likeness (QED) is 0.646. The third-order valence-electron chi connectivity index (χ3n) is 5.74. The van der Waals surface area contributed by atoms with E-state index in [1.165, 1.54) is 0 Å². The number of aryl methyl sites for hydroxylation is 3. The number of hydrogen-bond acceptors (Lipinski definition) is 3. The molecule has 0 spiro atoms. The van der Waals surface area contributed by atoms with Crippen LogP contribution in [0.5, 0.6) is 0 Å². The van der Waals surface area contributed by atoms with E-state index in [1.807, 2.05) is 57.2 Å². The van der Waals surface area contributed by atoms with Gasteiger partial charge in [-0.1, -0.05) is 17.7 Å². The molecular formula is C25H26N4O3. The number of carbonyl (C=O) groups is 3. The van der Waals surface area contributed by atoms with Gasteiger partial charge in [-0.25, -0.2) is 0 Å². The number of hydrogen-bond donors (Lipinski definition) is 2. The minimum Gasteiger partial charge on any atom is -0.326 e. The molecule has 3 aromatic rings. The summed E-state index contributed by atoms with van der Waals surface area (Å²) >= 11 is 0. The molecule has 1 aromatic heterocycles. The van der Waals surface area contributed by atoms with Crippen LogP contribution in [-0.4, -0.2) is 28.9 Å². The first kappa shape index (κ1) is 21.4. The van der Waals surface area contributed by atoms with Gasteiger partial charge in [-0.2, -0.15) is 0 Å². The Morgan fingerprint density at radius 1 is 0.875 bits per heavy atom. The van der Waals surface area contributed by atoms with Crippen molar-refractivity contribution < 1.29 is 14.4 Å². The molecule has 1 aliphatic heterocycles. The lowest BCUT2D eigenvalue weighted by molar-refractivity contribution is -0.122. The van der Waals surface area contributed by atoms with Crippen molar-refractivity contribution in [3.05, 3.63) is 83.2 Å². The van der Waals surface area contributed by atoms with E-state index in [-0.39, 0.29) is 24.1 Å². The molecule has 1 atom stereocenters. The van der Waals surface area contributed by atoms with E-state index in [0.717, 1.165) is 22.6 Å². The van der Waals surface area contributed by atoms with Crippen LogP contribution in [0.25, 0.3) is 0 Å². The molecule has 0 radical (unpaired) electrons. The first-order chi connectivity index (χ1) is 15.3. The normalized spacial score (nSPS) is 15.7. The van der Waals surface area contributed by atoms with Gasteiger partial charge in [-0.05, 0) is 69.3 Å². The molecule has 2 N–H and O–H groups in total. The molecule has 1 fully saturated rings. The van der Waals surface area contributed by atoms with Gasteiger partial charge in [0.05, 0.1) is 5.92 Å². The van der Waals surface area contributed by atoms with Gasteiger partial charge < -0.3 is 10.2 Å². The van der Waals surface area contributed by atoms with Gasteiger partial charge in [-0.15, -0.1) is 0 Å². The molecule has 0 saturated carbocycles. The third kappa shape index (κ3) is 4.42. The molecule has 0 aliphatic carbocycles. The zero-order valence-corrected chi connectivity index (χ0v) is 18.4. The Balaban J connectivity index is 1.37. The summed E-state index contributed by atoms with van der Waals surface area (Å²) in [5, 5.41) is 2.86. The molecule has 2 aromatic carbocycles. The average molecular weight is 431 g/mol. The number of nitrogens with zero attached hydrogens (tertiary/aromatic N) is 2. The Kier molecular flexibility index (Phi) is 5.81. The van der Waals surface area contributed by atoms with E-state index in [4.69, 9.17) is 0 Å². The van der Waals surface area contributed by atoms with Crippen molar-refractivity contribution >= 4 is 29.1 Å². The monoisotopic (exact) mass is 430 g/mol. The van der Waals surface area contributed by atoms with Crippen LogP contribution in [-0.2, 0) is 9.59 Å². The Labute approximate surface area is 187 Å². The Bertz CT molecular complexity index is 1140. The molecule has 32 heavy (non-hydrogen) atoms. The fourth-order valence-corrected chi connectivity index (χ4v) is 3.82. The van der Waals surface area contributed by atoms with E-state index >= 15 is 0 Å². The van der Waals surface area contributed by atoms with Crippen LogP contribution >= 0.6 is 0 Å². The second-order valence-electron chi connectivity index (χ2n) is 8.20. The highest BCUT2D eigenvalue weighted by Gasteiger charge is 2.35. The van der Waals surface area contributed by atoms with Crippen LogP contribution in [0.1, 0.15) is 33.7 Å². The van der Waals surface area contributed by atoms with Gasteiger partial charge in [0.25, 0.3) is 5.91 Å². The van der Waals surface area contributed by atoms with Crippen LogP contribution < -0.4 is 15.6 Å². The number of amides is 3. The highest BCUT2D eigenvalue weighted by molar-refractivity contribution is 6.04. The first-order valence-corrected chi connectivity index (χ1v) is 10.6. The van der Waals surface area contributed by atoms with E-state index in [0.29, 0.717) is 17.8 Å². The van der Waals surface area contributed by atoms with Crippen LogP contribution in [0.2, 0.25) is 0 Å². The zero-order chi connectivity index (χ0) is 22.8. The zero-order valence-electron chi connectivity index (χ0n) is 18.4. The molecule has 7 nitrogen and oxygen atoms in total. The predicted octanol–water partition coefficient (Wildman–Crippen LogP) is 3.79. The van der Waals surface area contributed by atoms with Crippen molar-refractivity contribution in [1.82, 2.24) is 4.68 Å². The second-order valence-corrected chi connectivity index (χ2v) is 8.20. The molecule has 1 saturated heterocycles. The molecule has 7 heteroatoms. The molecular weight excluding hydrogens is 404 g/mol. The number of aromatic nitrogens is 1. The maximum Gasteiger partial charge on any atom is 0.270 e. The highest BCUT2D eigenvalue weighted by atomic mass is 16.2. The summed E-state index contributed by atoms with van der Waals surface area (Å²) in [6.45, 7) is 6.17. The van der Waals surface area contributed by atoms with Crippen molar-refractivity contribution in [1.29, 1.82) is 0 Å². The van der Waals surface area contributed by atoms with Crippen molar-refractivity contribution in [2.45, 2.75) is 27.2 Å². The maximum atomic E-state index is 12.7. The predicted molar refractivity (Wildman–Crippen MR) is 124 cm³/mol. The molecule has 1 aliphatic rings. The molecule has 2 heterocycles. The van der Waals surface area contributed by atoms with Crippen molar-refractivity contribution in [2.24, 2.45) is 5.92 Å². The smallest absolute Gasteiger partial charge is 0.270 e. The minimum atomic E-state index is -0.425. The molecule has 164 valence electrons. The van der Waals surface area contributed by atoms with E-state index in [9.17, 15) is 14.4 Å². The fraction of sp³-hybridized carbons (Fsp3) is 0.240. The van der Waals surface area contributed by atoms with Crippen molar-refractivity contribution in [3.63, 3.8) is 0 Å². The van der Waals surface area contributed by atoms with Crippen LogP contribution in [0, 0.1) is 26.7 Å². The first-order valence-electron chi connectivity index (χ1n) is 10.6. The summed E-state index contributed by atoms with van der Waals surface area (Å²) in [7, 11) is 0. The summed E-state index contributed by atoms with van der Waals surface area (Å²) in [5.41, 5.74) is 7.72. The average Bonchev–Trinajstić information content (AvgIpc) is 3.32. The molecule has 3 amide bonds.